The van der Waals surface area contributed by atoms with Gasteiger partial charge in [0.1, 0.15) is 12.0 Å². The van der Waals surface area contributed by atoms with Gasteiger partial charge in [-0.15, -0.1) is 0 Å². The molecule has 3 atom stereocenters. The Bertz CT molecular complexity index is 733. The molecule has 2 amide bonds. The number of amides is 2. The van der Waals surface area contributed by atoms with Crippen molar-refractivity contribution in [3.8, 4) is 12.1 Å². The number of carbonyl (C=O) groups is 3. The van der Waals surface area contributed by atoms with E-state index in [1.165, 1.54) is 7.11 Å². The number of carbonyl (C=O) groups excluding carboxylic acids is 3. The first-order valence-corrected chi connectivity index (χ1v) is 9.47. The fourth-order valence-corrected chi connectivity index (χ4v) is 3.67. The number of thioether (sulfide) groups is 1. The molecule has 1 aliphatic rings. The van der Waals surface area contributed by atoms with E-state index in [0.717, 1.165) is 11.8 Å². The molecule has 0 unspecified atom stereocenters. The average Bonchev–Trinajstić information content (AvgIpc) is 2.62. The molecule has 0 radical (unpaired) electrons. The normalized spacial score (nSPS) is 20.6. The molecule has 0 aromatic heterocycles. The number of ether oxygens (including phenoxy) is 1. The summed E-state index contributed by atoms with van der Waals surface area (Å²) < 4.78 is 4.73. The lowest BCUT2D eigenvalue weighted by molar-refractivity contribution is -0.146. The SMILES string of the molecule is CC[C@H](C)[C@H](NC(=O)CSC1=C(C#N)C(C)(C)[C@@H](C#N)C(=O)N1)C(=O)OC. The third-order valence-corrected chi connectivity index (χ3v) is 5.67. The van der Waals surface area contributed by atoms with Crippen LogP contribution in [0.2, 0.25) is 0 Å². The molecule has 27 heavy (non-hydrogen) atoms. The lowest BCUT2D eigenvalue weighted by Gasteiger charge is -2.34. The monoisotopic (exact) mass is 392 g/mol. The van der Waals surface area contributed by atoms with Gasteiger partial charge in [-0.1, -0.05) is 45.9 Å². The molecule has 0 saturated carbocycles. The van der Waals surface area contributed by atoms with Crippen molar-refractivity contribution < 1.29 is 19.1 Å². The largest absolute Gasteiger partial charge is 0.467 e. The van der Waals surface area contributed by atoms with Gasteiger partial charge in [-0.25, -0.2) is 4.79 Å². The Morgan fingerprint density at radius 3 is 2.52 bits per heavy atom. The Morgan fingerprint density at radius 2 is 2.04 bits per heavy atom. The lowest BCUT2D eigenvalue weighted by atomic mass is 9.72. The molecular weight excluding hydrogens is 368 g/mol. The van der Waals surface area contributed by atoms with Gasteiger partial charge in [0.15, 0.2) is 0 Å². The average molecular weight is 392 g/mol. The summed E-state index contributed by atoms with van der Waals surface area (Å²) in [6, 6.07) is 3.19. The molecule has 0 bridgehead atoms. The van der Waals surface area contributed by atoms with Crippen molar-refractivity contribution in [2.24, 2.45) is 17.3 Å². The van der Waals surface area contributed by atoms with E-state index in [1.54, 1.807) is 13.8 Å². The first-order valence-electron chi connectivity index (χ1n) is 8.49. The molecule has 1 rings (SSSR count). The second-order valence-electron chi connectivity index (χ2n) is 6.83. The highest BCUT2D eigenvalue weighted by molar-refractivity contribution is 8.03. The molecule has 0 spiro atoms. The molecule has 0 aromatic carbocycles. The highest BCUT2D eigenvalue weighted by Gasteiger charge is 2.44. The molecule has 8 nitrogen and oxygen atoms in total. The van der Waals surface area contributed by atoms with Gasteiger partial charge in [0.05, 0.1) is 35.6 Å². The number of allylic oxidation sites excluding steroid dienone is 1. The molecule has 0 fully saturated rings. The highest BCUT2D eigenvalue weighted by atomic mass is 32.2. The van der Waals surface area contributed by atoms with Crippen LogP contribution in [0.4, 0.5) is 0 Å². The lowest BCUT2D eigenvalue weighted by Crippen LogP contribution is -2.47. The molecule has 1 heterocycles. The van der Waals surface area contributed by atoms with Gasteiger partial charge >= 0.3 is 5.97 Å². The second kappa shape index (κ2) is 9.43. The fraction of sp³-hybridized carbons (Fsp3) is 0.611. The van der Waals surface area contributed by atoms with Crippen LogP contribution in [0.1, 0.15) is 34.1 Å². The number of nitrogens with zero attached hydrogens (tertiary/aromatic N) is 2. The Kier molecular flexibility index (Phi) is 7.86. The number of esters is 1. The van der Waals surface area contributed by atoms with Crippen LogP contribution in [0.3, 0.4) is 0 Å². The van der Waals surface area contributed by atoms with Crippen LogP contribution in [0.25, 0.3) is 0 Å². The predicted molar refractivity (Wildman–Crippen MR) is 99.5 cm³/mol. The van der Waals surface area contributed by atoms with E-state index in [-0.39, 0.29) is 22.3 Å². The van der Waals surface area contributed by atoms with Crippen molar-refractivity contribution in [3.63, 3.8) is 0 Å². The molecular formula is C18H24N4O4S. The third kappa shape index (κ3) is 5.01. The zero-order valence-electron chi connectivity index (χ0n) is 16.1. The molecule has 2 N–H and O–H groups in total. The van der Waals surface area contributed by atoms with Crippen LogP contribution in [-0.4, -0.2) is 36.7 Å². The van der Waals surface area contributed by atoms with E-state index < -0.39 is 35.2 Å². The third-order valence-electron chi connectivity index (χ3n) is 4.67. The van der Waals surface area contributed by atoms with Crippen molar-refractivity contribution in [3.05, 3.63) is 10.6 Å². The van der Waals surface area contributed by atoms with Gasteiger partial charge in [0.2, 0.25) is 11.8 Å². The number of nitrogens with one attached hydrogen (secondary N) is 2. The Morgan fingerprint density at radius 1 is 1.41 bits per heavy atom. The number of methoxy groups -OCH3 is 1. The second-order valence-corrected chi connectivity index (χ2v) is 7.82. The standard InChI is InChI=1S/C18H24N4O4S/c1-6-10(2)14(17(25)26-5)21-13(23)9-27-16-12(8-20)18(3,4)11(7-19)15(24)22-16/h10-11,14H,6,9H2,1-5H3,(H,21,23)(H,22,24)/t10-,11-,14-/m0/s1. The van der Waals surface area contributed by atoms with Gasteiger partial charge in [-0.3, -0.25) is 9.59 Å². The first-order chi connectivity index (χ1) is 12.6. The van der Waals surface area contributed by atoms with Gasteiger partial charge in [-0.2, -0.15) is 10.5 Å². The Balaban J connectivity index is 2.92. The summed E-state index contributed by atoms with van der Waals surface area (Å²) in [4.78, 5) is 36.3. The summed E-state index contributed by atoms with van der Waals surface area (Å²) in [5.41, 5.74) is -0.714. The summed E-state index contributed by atoms with van der Waals surface area (Å²) in [6.07, 6.45) is 0.677. The summed E-state index contributed by atoms with van der Waals surface area (Å²) in [7, 11) is 1.26. The van der Waals surface area contributed by atoms with Gasteiger partial charge in [0.25, 0.3) is 0 Å². The summed E-state index contributed by atoms with van der Waals surface area (Å²) in [5, 5.41) is 24.1. The van der Waals surface area contributed by atoms with E-state index in [2.05, 4.69) is 10.6 Å². The molecule has 0 aliphatic carbocycles. The van der Waals surface area contributed by atoms with Gasteiger partial charge < -0.3 is 15.4 Å². The van der Waals surface area contributed by atoms with Crippen LogP contribution < -0.4 is 10.6 Å². The smallest absolute Gasteiger partial charge is 0.328 e. The molecule has 146 valence electrons. The van der Waals surface area contributed by atoms with Crippen molar-refractivity contribution in [1.29, 1.82) is 10.5 Å². The van der Waals surface area contributed by atoms with Crippen molar-refractivity contribution in [2.45, 2.75) is 40.2 Å². The Hall–Kier alpha value is -2.52. The van der Waals surface area contributed by atoms with Crippen molar-refractivity contribution in [1.82, 2.24) is 10.6 Å². The first kappa shape index (κ1) is 22.5. The van der Waals surface area contributed by atoms with Crippen LogP contribution in [0.15, 0.2) is 10.6 Å². The molecule has 1 aliphatic heterocycles. The van der Waals surface area contributed by atoms with E-state index in [0.29, 0.717) is 6.42 Å². The van der Waals surface area contributed by atoms with Crippen molar-refractivity contribution >= 4 is 29.5 Å². The van der Waals surface area contributed by atoms with Gasteiger partial charge in [-0.05, 0) is 5.92 Å². The zero-order chi connectivity index (χ0) is 20.8. The van der Waals surface area contributed by atoms with E-state index >= 15 is 0 Å². The number of rotatable bonds is 7. The van der Waals surface area contributed by atoms with E-state index in [9.17, 15) is 24.9 Å². The number of hydrogen-bond acceptors (Lipinski definition) is 7. The predicted octanol–water partition coefficient (Wildman–Crippen LogP) is 1.45. The van der Waals surface area contributed by atoms with Crippen LogP contribution >= 0.6 is 11.8 Å². The molecule has 0 aromatic rings. The van der Waals surface area contributed by atoms with Crippen LogP contribution in [0.5, 0.6) is 0 Å². The van der Waals surface area contributed by atoms with E-state index in [1.807, 2.05) is 26.0 Å². The quantitative estimate of drug-likeness (QED) is 0.627. The summed E-state index contributed by atoms with van der Waals surface area (Å²) in [6.45, 7) is 7.03. The van der Waals surface area contributed by atoms with E-state index in [4.69, 9.17) is 4.74 Å². The van der Waals surface area contributed by atoms with Gasteiger partial charge in [0, 0.05) is 5.41 Å². The van der Waals surface area contributed by atoms with Crippen LogP contribution in [-0.2, 0) is 19.1 Å². The zero-order valence-corrected chi connectivity index (χ0v) is 16.9. The van der Waals surface area contributed by atoms with Crippen molar-refractivity contribution in [2.75, 3.05) is 12.9 Å². The minimum atomic E-state index is -0.987. The Labute approximate surface area is 163 Å². The molecule has 0 saturated heterocycles. The fourth-order valence-electron chi connectivity index (χ4n) is 2.68. The topological polar surface area (TPSA) is 132 Å². The van der Waals surface area contributed by atoms with Crippen LogP contribution in [0, 0.1) is 39.9 Å². The minimum Gasteiger partial charge on any atom is -0.467 e. The molecule has 9 heteroatoms. The highest BCUT2D eigenvalue weighted by Crippen LogP contribution is 2.41. The maximum Gasteiger partial charge on any atom is 0.328 e. The number of hydrogen-bond donors (Lipinski definition) is 2. The maximum atomic E-state index is 12.3. The summed E-state index contributed by atoms with van der Waals surface area (Å²) in [5.74, 6) is -2.64. The maximum absolute atomic E-state index is 12.3. The minimum absolute atomic E-state index is 0.0992. The number of nitriles is 2. The summed E-state index contributed by atoms with van der Waals surface area (Å²) >= 11 is 0.989.